The summed E-state index contributed by atoms with van der Waals surface area (Å²) in [7, 11) is 0. The Morgan fingerprint density at radius 2 is 1.71 bits per heavy atom. The Kier molecular flexibility index (Phi) is 5.03. The number of para-hydroxylation sites is 1. The molecule has 21 heavy (non-hydrogen) atoms. The van der Waals surface area contributed by atoms with Gasteiger partial charge >= 0.3 is 0 Å². The van der Waals surface area contributed by atoms with Gasteiger partial charge in [0.25, 0.3) is 0 Å². The minimum absolute atomic E-state index is 0.270. The zero-order chi connectivity index (χ0) is 15.4. The number of aliphatic hydroxyl groups excluding tert-OH is 1. The first-order valence-corrected chi connectivity index (χ1v) is 7.46. The van der Waals surface area contributed by atoms with Gasteiger partial charge in [-0.1, -0.05) is 50.2 Å². The lowest BCUT2D eigenvalue weighted by Gasteiger charge is -2.17. The average molecular weight is 284 g/mol. The topological polar surface area (TPSA) is 29.5 Å². The molecule has 2 aromatic rings. The first-order chi connectivity index (χ1) is 9.99. The normalized spacial score (nSPS) is 12.5. The van der Waals surface area contributed by atoms with E-state index >= 15 is 0 Å². The Balaban J connectivity index is 2.07. The number of rotatable bonds is 5. The van der Waals surface area contributed by atoms with E-state index in [2.05, 4.69) is 33.8 Å². The van der Waals surface area contributed by atoms with Crippen LogP contribution in [0.25, 0.3) is 0 Å². The van der Waals surface area contributed by atoms with E-state index in [4.69, 9.17) is 4.74 Å². The fourth-order valence-corrected chi connectivity index (χ4v) is 2.33. The predicted molar refractivity (Wildman–Crippen MR) is 86.9 cm³/mol. The Hall–Kier alpha value is -1.80. The van der Waals surface area contributed by atoms with Crippen LogP contribution < -0.4 is 4.74 Å². The van der Waals surface area contributed by atoms with Gasteiger partial charge in [-0.3, -0.25) is 0 Å². The van der Waals surface area contributed by atoms with Crippen LogP contribution in [0.1, 0.15) is 48.1 Å². The first-order valence-electron chi connectivity index (χ1n) is 7.46. The molecule has 0 fully saturated rings. The molecule has 2 rings (SSSR count). The van der Waals surface area contributed by atoms with Gasteiger partial charge in [-0.2, -0.15) is 0 Å². The summed E-state index contributed by atoms with van der Waals surface area (Å²) in [6, 6.07) is 14.0. The fraction of sp³-hybridized carbons (Fsp3) is 0.368. The number of hydrogen-bond donors (Lipinski definition) is 1. The first kappa shape index (κ1) is 15.6. The predicted octanol–water partition coefficient (Wildman–Crippen LogP) is 4.54. The van der Waals surface area contributed by atoms with Crippen LogP contribution in [0.3, 0.4) is 0 Å². The number of benzene rings is 2. The third kappa shape index (κ3) is 3.85. The highest BCUT2D eigenvalue weighted by molar-refractivity contribution is 5.36. The second-order valence-corrected chi connectivity index (χ2v) is 5.86. The number of ether oxygens (including phenoxy) is 1. The molecule has 1 unspecified atom stereocenters. The molecule has 1 N–H and O–H groups in total. The summed E-state index contributed by atoms with van der Waals surface area (Å²) in [6.07, 6.45) is -0.607. The summed E-state index contributed by atoms with van der Waals surface area (Å²) < 4.78 is 5.83. The minimum atomic E-state index is -0.607. The maximum atomic E-state index is 10.3. The molecule has 0 aliphatic heterocycles. The van der Waals surface area contributed by atoms with Crippen LogP contribution in [0.15, 0.2) is 42.5 Å². The zero-order valence-electron chi connectivity index (χ0n) is 13.3. The highest BCUT2D eigenvalue weighted by Crippen LogP contribution is 2.27. The lowest BCUT2D eigenvalue weighted by Crippen LogP contribution is -2.11. The number of aryl methyl sites for hydroxylation is 2. The molecular weight excluding hydrogens is 260 g/mol. The third-order valence-electron chi connectivity index (χ3n) is 3.85. The van der Waals surface area contributed by atoms with Crippen molar-refractivity contribution in [2.75, 3.05) is 6.61 Å². The summed E-state index contributed by atoms with van der Waals surface area (Å²) in [5, 5.41) is 10.3. The molecule has 112 valence electrons. The van der Waals surface area contributed by atoms with E-state index in [1.807, 2.05) is 36.4 Å². The maximum absolute atomic E-state index is 10.3. The molecule has 0 heterocycles. The van der Waals surface area contributed by atoms with Crippen molar-refractivity contribution < 1.29 is 9.84 Å². The number of aliphatic hydroxyl groups is 1. The van der Waals surface area contributed by atoms with Crippen molar-refractivity contribution >= 4 is 0 Å². The van der Waals surface area contributed by atoms with Crippen LogP contribution in [0.5, 0.6) is 5.75 Å². The van der Waals surface area contributed by atoms with Crippen LogP contribution >= 0.6 is 0 Å². The Bertz CT molecular complexity index is 602. The highest BCUT2D eigenvalue weighted by atomic mass is 16.5. The lowest BCUT2D eigenvalue weighted by atomic mass is 10.0. The molecule has 0 saturated heterocycles. The van der Waals surface area contributed by atoms with Crippen molar-refractivity contribution in [3.63, 3.8) is 0 Å². The molecule has 0 aliphatic rings. The molecule has 2 heteroatoms. The molecule has 0 bridgehead atoms. The third-order valence-corrected chi connectivity index (χ3v) is 3.85. The Morgan fingerprint density at radius 1 is 1.00 bits per heavy atom. The van der Waals surface area contributed by atoms with Crippen LogP contribution in [-0.4, -0.2) is 11.7 Å². The lowest BCUT2D eigenvalue weighted by molar-refractivity contribution is 0.107. The van der Waals surface area contributed by atoms with Gasteiger partial charge in [0, 0.05) is 0 Å². The van der Waals surface area contributed by atoms with Crippen molar-refractivity contribution in [1.82, 2.24) is 0 Å². The van der Waals surface area contributed by atoms with Gasteiger partial charge in [0.15, 0.2) is 0 Å². The maximum Gasteiger partial charge on any atom is 0.122 e. The molecule has 2 aromatic carbocycles. The second-order valence-electron chi connectivity index (χ2n) is 5.86. The van der Waals surface area contributed by atoms with Crippen LogP contribution in [0.4, 0.5) is 0 Å². The molecule has 0 saturated carbocycles. The van der Waals surface area contributed by atoms with Crippen molar-refractivity contribution in [1.29, 1.82) is 0 Å². The molecular formula is C19H24O2. The summed E-state index contributed by atoms with van der Waals surface area (Å²) >= 11 is 0. The molecule has 0 amide bonds. The Morgan fingerprint density at radius 3 is 2.38 bits per heavy atom. The summed E-state index contributed by atoms with van der Waals surface area (Å²) in [4.78, 5) is 0. The van der Waals surface area contributed by atoms with E-state index in [0.717, 1.165) is 11.3 Å². The smallest absolute Gasteiger partial charge is 0.122 e. The molecule has 0 radical (unpaired) electrons. The summed E-state index contributed by atoms with van der Waals surface area (Å²) in [5.74, 6) is 1.26. The summed E-state index contributed by atoms with van der Waals surface area (Å²) in [6.45, 7) is 8.68. The van der Waals surface area contributed by atoms with Crippen molar-refractivity contribution in [2.24, 2.45) is 0 Å². The Labute approximate surface area is 127 Å². The van der Waals surface area contributed by atoms with Crippen molar-refractivity contribution in [3.8, 4) is 5.75 Å². The SMILES string of the molecule is Cc1ccc(C(O)COc2ccccc2C(C)C)cc1C. The van der Waals surface area contributed by atoms with Gasteiger partial charge in [-0.25, -0.2) is 0 Å². The van der Waals surface area contributed by atoms with E-state index in [9.17, 15) is 5.11 Å². The quantitative estimate of drug-likeness (QED) is 0.873. The molecule has 1 atom stereocenters. The largest absolute Gasteiger partial charge is 0.490 e. The molecule has 0 spiro atoms. The molecule has 0 aliphatic carbocycles. The van der Waals surface area contributed by atoms with E-state index in [-0.39, 0.29) is 6.61 Å². The zero-order valence-corrected chi connectivity index (χ0v) is 13.3. The van der Waals surface area contributed by atoms with Gasteiger partial charge in [-0.05, 0) is 48.1 Å². The van der Waals surface area contributed by atoms with E-state index in [0.29, 0.717) is 5.92 Å². The fourth-order valence-electron chi connectivity index (χ4n) is 2.33. The van der Waals surface area contributed by atoms with Crippen LogP contribution in [0, 0.1) is 13.8 Å². The van der Waals surface area contributed by atoms with E-state index in [1.54, 1.807) is 0 Å². The van der Waals surface area contributed by atoms with Crippen LogP contribution in [0.2, 0.25) is 0 Å². The van der Waals surface area contributed by atoms with Gasteiger partial charge in [0.2, 0.25) is 0 Å². The average Bonchev–Trinajstić information content (AvgIpc) is 2.47. The highest BCUT2D eigenvalue weighted by Gasteiger charge is 2.12. The van der Waals surface area contributed by atoms with Crippen molar-refractivity contribution in [2.45, 2.75) is 39.7 Å². The van der Waals surface area contributed by atoms with Crippen LogP contribution in [-0.2, 0) is 0 Å². The minimum Gasteiger partial charge on any atom is -0.490 e. The van der Waals surface area contributed by atoms with Gasteiger partial charge < -0.3 is 9.84 Å². The summed E-state index contributed by atoms with van der Waals surface area (Å²) in [5.41, 5.74) is 4.50. The van der Waals surface area contributed by atoms with Gasteiger partial charge in [0.1, 0.15) is 18.5 Å². The molecule has 0 aromatic heterocycles. The van der Waals surface area contributed by atoms with Crippen molar-refractivity contribution in [3.05, 3.63) is 64.7 Å². The van der Waals surface area contributed by atoms with Gasteiger partial charge in [0.05, 0.1) is 0 Å². The van der Waals surface area contributed by atoms with Gasteiger partial charge in [-0.15, -0.1) is 0 Å². The standard InChI is InChI=1S/C19H24O2/c1-13(2)17-7-5-6-8-19(17)21-12-18(20)16-10-9-14(3)15(4)11-16/h5-11,13,18,20H,12H2,1-4H3. The second kappa shape index (κ2) is 6.77. The van der Waals surface area contributed by atoms with E-state index in [1.165, 1.54) is 16.7 Å². The molecule has 2 nitrogen and oxygen atoms in total. The monoisotopic (exact) mass is 284 g/mol. The number of hydrogen-bond acceptors (Lipinski definition) is 2. The van der Waals surface area contributed by atoms with E-state index < -0.39 is 6.10 Å².